The number of phenolic OH excluding ortho intramolecular Hbond substituents is 2. The lowest BCUT2D eigenvalue weighted by atomic mass is 10.1. The third kappa shape index (κ3) is 2.31. The van der Waals surface area contributed by atoms with Gasteiger partial charge >= 0.3 is 0 Å². The molecule has 0 saturated heterocycles. The van der Waals surface area contributed by atoms with Crippen molar-refractivity contribution in [1.82, 2.24) is 29.4 Å². The second-order valence-electron chi connectivity index (χ2n) is 6.75. The second kappa shape index (κ2) is 5.78. The number of nitrogens with zero attached hydrogens (tertiary/aromatic N) is 6. The van der Waals surface area contributed by atoms with E-state index in [1.165, 1.54) is 17.7 Å². The van der Waals surface area contributed by atoms with Crippen molar-refractivity contribution in [2.45, 2.75) is 13.8 Å². The van der Waals surface area contributed by atoms with Crippen molar-refractivity contribution in [1.29, 1.82) is 0 Å². The maximum absolute atomic E-state index is 10.2. The smallest absolute Gasteiger partial charge is 0.175 e. The minimum Gasteiger partial charge on any atom is -0.508 e. The number of phenols is 2. The molecule has 2 N–H and O–H groups in total. The van der Waals surface area contributed by atoms with Crippen LogP contribution in [0.5, 0.6) is 11.5 Å². The maximum atomic E-state index is 10.2. The van der Waals surface area contributed by atoms with E-state index in [1.54, 1.807) is 27.7 Å². The molecule has 2 aromatic carbocycles. The average Bonchev–Trinajstić information content (AvgIpc) is 3.26. The summed E-state index contributed by atoms with van der Waals surface area (Å²) in [6.07, 6.45) is 3.33. The van der Waals surface area contributed by atoms with Gasteiger partial charge in [0.15, 0.2) is 17.1 Å². The standard InChI is InChI=1S/C20H16N6O2/c1-11-3-6-16(12(2)7-11)26-18-15(9-22-26)20-24-23-19(25(20)10-21-18)14-5-4-13(27)8-17(14)28/h3-10,27-28H,1-2H3. The van der Waals surface area contributed by atoms with Gasteiger partial charge in [-0.15, -0.1) is 10.2 Å². The Labute approximate surface area is 159 Å². The molecule has 0 fully saturated rings. The molecule has 0 aliphatic carbocycles. The summed E-state index contributed by atoms with van der Waals surface area (Å²) in [5, 5.41) is 33.4. The Morgan fingerprint density at radius 2 is 1.79 bits per heavy atom. The summed E-state index contributed by atoms with van der Waals surface area (Å²) in [6, 6.07) is 10.5. The van der Waals surface area contributed by atoms with Crippen LogP contribution in [0.4, 0.5) is 0 Å². The van der Waals surface area contributed by atoms with Gasteiger partial charge in [0.05, 0.1) is 22.8 Å². The summed E-state index contributed by atoms with van der Waals surface area (Å²) in [5.74, 6) is 0.326. The fourth-order valence-corrected chi connectivity index (χ4v) is 3.43. The Morgan fingerprint density at radius 1 is 0.929 bits per heavy atom. The first-order valence-electron chi connectivity index (χ1n) is 8.70. The van der Waals surface area contributed by atoms with E-state index in [9.17, 15) is 10.2 Å². The van der Waals surface area contributed by atoms with Crippen molar-refractivity contribution in [3.8, 4) is 28.6 Å². The molecule has 0 amide bonds. The van der Waals surface area contributed by atoms with Gasteiger partial charge in [-0.2, -0.15) is 5.10 Å². The van der Waals surface area contributed by atoms with Crippen molar-refractivity contribution < 1.29 is 10.2 Å². The Morgan fingerprint density at radius 3 is 2.57 bits per heavy atom. The highest BCUT2D eigenvalue weighted by Crippen LogP contribution is 2.32. The van der Waals surface area contributed by atoms with Crippen molar-refractivity contribution in [3.63, 3.8) is 0 Å². The van der Waals surface area contributed by atoms with E-state index >= 15 is 0 Å². The Balaban J connectivity index is 1.72. The average molecular weight is 372 g/mol. The number of hydrogen-bond acceptors (Lipinski definition) is 6. The van der Waals surface area contributed by atoms with Crippen molar-refractivity contribution in [2.75, 3.05) is 0 Å². The number of aromatic nitrogens is 6. The van der Waals surface area contributed by atoms with Crippen LogP contribution in [-0.2, 0) is 0 Å². The summed E-state index contributed by atoms with van der Waals surface area (Å²) in [7, 11) is 0. The largest absolute Gasteiger partial charge is 0.508 e. The number of benzene rings is 2. The van der Waals surface area contributed by atoms with Gasteiger partial charge in [-0.1, -0.05) is 17.7 Å². The summed E-state index contributed by atoms with van der Waals surface area (Å²) >= 11 is 0. The van der Waals surface area contributed by atoms with Crippen molar-refractivity contribution in [2.24, 2.45) is 0 Å². The zero-order valence-corrected chi connectivity index (χ0v) is 15.2. The third-order valence-corrected chi connectivity index (χ3v) is 4.78. The first kappa shape index (κ1) is 16.2. The predicted molar refractivity (Wildman–Crippen MR) is 104 cm³/mol. The van der Waals surface area contributed by atoms with Crippen LogP contribution in [0, 0.1) is 13.8 Å². The van der Waals surface area contributed by atoms with E-state index in [-0.39, 0.29) is 11.5 Å². The molecule has 8 nitrogen and oxygen atoms in total. The van der Waals surface area contributed by atoms with Gasteiger partial charge in [0, 0.05) is 6.07 Å². The first-order chi connectivity index (χ1) is 13.5. The normalized spacial score (nSPS) is 11.5. The minimum absolute atomic E-state index is 0.0228. The fourth-order valence-electron chi connectivity index (χ4n) is 3.43. The molecule has 5 rings (SSSR count). The maximum Gasteiger partial charge on any atom is 0.175 e. The highest BCUT2D eigenvalue weighted by molar-refractivity contribution is 5.90. The van der Waals surface area contributed by atoms with Gasteiger partial charge in [0.2, 0.25) is 0 Å². The van der Waals surface area contributed by atoms with Gasteiger partial charge < -0.3 is 10.2 Å². The molecule has 138 valence electrons. The minimum atomic E-state index is -0.0830. The van der Waals surface area contributed by atoms with Gasteiger partial charge in [0.25, 0.3) is 0 Å². The van der Waals surface area contributed by atoms with E-state index in [2.05, 4.69) is 33.3 Å². The van der Waals surface area contributed by atoms with Crippen LogP contribution in [0.25, 0.3) is 33.8 Å². The molecule has 5 aromatic rings. The predicted octanol–water partition coefficient (Wildman–Crippen LogP) is 3.16. The number of aryl methyl sites for hydroxylation is 2. The van der Waals surface area contributed by atoms with Crippen LogP contribution in [0.1, 0.15) is 11.1 Å². The van der Waals surface area contributed by atoms with Crippen LogP contribution in [-0.4, -0.2) is 39.6 Å². The summed E-state index contributed by atoms with van der Waals surface area (Å²) in [6.45, 7) is 4.09. The molecule has 0 aliphatic rings. The van der Waals surface area contributed by atoms with Gasteiger partial charge in [-0.3, -0.25) is 4.40 Å². The van der Waals surface area contributed by atoms with Crippen LogP contribution < -0.4 is 0 Å². The van der Waals surface area contributed by atoms with E-state index in [1.807, 2.05) is 19.1 Å². The quantitative estimate of drug-likeness (QED) is 0.494. The second-order valence-corrected chi connectivity index (χ2v) is 6.75. The molecule has 3 heterocycles. The van der Waals surface area contributed by atoms with Crippen LogP contribution in [0.2, 0.25) is 0 Å². The van der Waals surface area contributed by atoms with Crippen LogP contribution in [0.15, 0.2) is 48.9 Å². The molecule has 3 aromatic heterocycles. The van der Waals surface area contributed by atoms with E-state index in [0.29, 0.717) is 22.7 Å². The van der Waals surface area contributed by atoms with E-state index < -0.39 is 0 Å². The lowest BCUT2D eigenvalue weighted by molar-refractivity contribution is 0.451. The molecule has 0 radical (unpaired) electrons. The highest BCUT2D eigenvalue weighted by atomic mass is 16.3. The molecule has 28 heavy (non-hydrogen) atoms. The number of aromatic hydroxyl groups is 2. The molecule has 0 aliphatic heterocycles. The number of rotatable bonds is 2. The molecule has 8 heteroatoms. The Kier molecular flexibility index (Phi) is 3.35. The molecule has 0 spiro atoms. The lowest BCUT2D eigenvalue weighted by Crippen LogP contribution is -2.01. The Bertz CT molecular complexity index is 1260. The summed E-state index contributed by atoms with van der Waals surface area (Å²) in [4.78, 5) is 4.57. The first-order valence-corrected chi connectivity index (χ1v) is 8.70. The van der Waals surface area contributed by atoms with Gasteiger partial charge in [-0.25, -0.2) is 9.67 Å². The summed E-state index contributed by atoms with van der Waals surface area (Å²) in [5.41, 5.74) is 4.95. The third-order valence-electron chi connectivity index (χ3n) is 4.78. The number of fused-ring (bicyclic) bond motifs is 3. The molecular weight excluding hydrogens is 356 g/mol. The summed E-state index contributed by atoms with van der Waals surface area (Å²) < 4.78 is 3.49. The zero-order valence-electron chi connectivity index (χ0n) is 15.2. The van der Waals surface area contributed by atoms with Crippen molar-refractivity contribution >= 4 is 16.7 Å². The molecule has 0 bridgehead atoms. The molecule has 0 unspecified atom stereocenters. The van der Waals surface area contributed by atoms with E-state index in [4.69, 9.17) is 0 Å². The van der Waals surface area contributed by atoms with Gasteiger partial charge in [0.1, 0.15) is 17.8 Å². The SMILES string of the molecule is Cc1ccc(-n2ncc3c2ncn2c(-c4ccc(O)cc4O)nnc32)c(C)c1. The highest BCUT2D eigenvalue weighted by Gasteiger charge is 2.18. The lowest BCUT2D eigenvalue weighted by Gasteiger charge is -2.08. The van der Waals surface area contributed by atoms with E-state index in [0.717, 1.165) is 16.6 Å². The van der Waals surface area contributed by atoms with Crippen molar-refractivity contribution in [3.05, 3.63) is 60.0 Å². The fraction of sp³-hybridized carbons (Fsp3) is 0.100. The topological polar surface area (TPSA) is 101 Å². The Hall–Kier alpha value is -3.94. The molecule has 0 atom stereocenters. The van der Waals surface area contributed by atoms with Gasteiger partial charge in [-0.05, 0) is 37.6 Å². The molecular formula is C20H16N6O2. The zero-order chi connectivity index (χ0) is 19.4. The number of hydrogen-bond donors (Lipinski definition) is 2. The van der Waals surface area contributed by atoms with Crippen LogP contribution >= 0.6 is 0 Å². The molecule has 0 saturated carbocycles. The monoisotopic (exact) mass is 372 g/mol. The van der Waals surface area contributed by atoms with Crippen LogP contribution in [0.3, 0.4) is 0 Å².